The summed E-state index contributed by atoms with van der Waals surface area (Å²) < 4.78 is 18.1. The van der Waals surface area contributed by atoms with Crippen LogP contribution in [0.3, 0.4) is 0 Å². The summed E-state index contributed by atoms with van der Waals surface area (Å²) in [4.78, 5) is 11.9. The van der Waals surface area contributed by atoms with Gasteiger partial charge in [-0.25, -0.2) is 4.79 Å². The zero-order valence-corrected chi connectivity index (χ0v) is 20.2. The zero-order valence-electron chi connectivity index (χ0n) is 20.2. The second kappa shape index (κ2) is 11.3. The fraction of sp³-hybridized carbons (Fsp3) is 0.875. The molecule has 4 atom stereocenters. The largest absolute Gasteiger partial charge is 0.456 e. The van der Waals surface area contributed by atoms with Gasteiger partial charge in [-0.3, -0.25) is 0 Å². The molecule has 0 saturated carbocycles. The third-order valence-corrected chi connectivity index (χ3v) is 6.19. The lowest BCUT2D eigenvalue weighted by atomic mass is 9.74. The normalized spacial score (nSPS) is 18.6. The number of hydrogen-bond donors (Lipinski definition) is 0. The average molecular weight is 399 g/mol. The highest BCUT2D eigenvalue weighted by atomic mass is 16.6. The van der Waals surface area contributed by atoms with Crippen LogP contribution in [0.4, 0.5) is 0 Å². The molecule has 0 aliphatic rings. The molecule has 0 aromatic rings. The molecule has 4 heteroatoms. The zero-order chi connectivity index (χ0) is 22.2. The van der Waals surface area contributed by atoms with E-state index in [2.05, 4.69) is 55.0 Å². The molecule has 0 aliphatic carbocycles. The van der Waals surface area contributed by atoms with E-state index in [1.807, 2.05) is 13.8 Å². The molecule has 0 N–H and O–H groups in total. The van der Waals surface area contributed by atoms with Crippen molar-refractivity contribution in [2.45, 2.75) is 125 Å². The minimum atomic E-state index is -0.535. The van der Waals surface area contributed by atoms with Crippen molar-refractivity contribution < 1.29 is 19.0 Å². The first-order chi connectivity index (χ1) is 12.7. The minimum absolute atomic E-state index is 0.0351. The summed E-state index contributed by atoms with van der Waals surface area (Å²) >= 11 is 0. The van der Waals surface area contributed by atoms with Crippen molar-refractivity contribution in [2.24, 2.45) is 5.41 Å². The first-order valence-electron chi connectivity index (χ1n) is 10.9. The van der Waals surface area contributed by atoms with Crippen LogP contribution in [-0.2, 0) is 19.0 Å². The Labute approximate surface area is 174 Å². The molecule has 0 aromatic carbocycles. The minimum Gasteiger partial charge on any atom is -0.456 e. The second-order valence-electron chi connectivity index (χ2n) is 9.51. The number of carbonyl (C=O) groups is 1. The molecule has 0 aromatic heterocycles. The lowest BCUT2D eigenvalue weighted by molar-refractivity contribution is -0.158. The van der Waals surface area contributed by atoms with E-state index >= 15 is 0 Å². The predicted octanol–water partition coefficient (Wildman–Crippen LogP) is 6.47. The van der Waals surface area contributed by atoms with Crippen LogP contribution >= 0.6 is 0 Å². The number of rotatable bonds is 14. The van der Waals surface area contributed by atoms with Crippen LogP contribution in [-0.4, -0.2) is 36.0 Å². The molecule has 4 nitrogen and oxygen atoms in total. The van der Waals surface area contributed by atoms with Gasteiger partial charge in [0.2, 0.25) is 0 Å². The van der Waals surface area contributed by atoms with Crippen LogP contribution in [0.25, 0.3) is 0 Å². The summed E-state index contributed by atoms with van der Waals surface area (Å²) in [6.07, 6.45) is 4.77. The summed E-state index contributed by atoms with van der Waals surface area (Å²) in [6, 6.07) is 0. The lowest BCUT2D eigenvalue weighted by Gasteiger charge is -2.42. The Kier molecular flexibility index (Phi) is 11.0. The van der Waals surface area contributed by atoms with Gasteiger partial charge in [0.25, 0.3) is 0 Å². The lowest BCUT2D eigenvalue weighted by Crippen LogP contribution is -2.42. The van der Waals surface area contributed by atoms with E-state index in [-0.39, 0.29) is 29.2 Å². The van der Waals surface area contributed by atoms with E-state index in [1.54, 1.807) is 6.92 Å². The Morgan fingerprint density at radius 2 is 1.61 bits per heavy atom. The van der Waals surface area contributed by atoms with Gasteiger partial charge in [0.05, 0.1) is 24.4 Å². The number of esters is 1. The van der Waals surface area contributed by atoms with Gasteiger partial charge in [-0.2, -0.15) is 0 Å². The van der Waals surface area contributed by atoms with Crippen molar-refractivity contribution >= 4 is 5.97 Å². The summed E-state index contributed by atoms with van der Waals surface area (Å²) in [5.74, 6) is -0.335. The fourth-order valence-corrected chi connectivity index (χ4v) is 3.34. The second-order valence-corrected chi connectivity index (χ2v) is 9.51. The molecule has 28 heavy (non-hydrogen) atoms. The third-order valence-electron chi connectivity index (χ3n) is 6.19. The van der Waals surface area contributed by atoms with Crippen molar-refractivity contribution in [1.29, 1.82) is 0 Å². The molecule has 0 spiro atoms. The molecule has 166 valence electrons. The molecule has 0 fully saturated rings. The Hall–Kier alpha value is -0.870. The SMILES string of the molecule is C=C(C)C(=O)OC(C)(CC)CCOC(C)(C)CC(C)(CC)C(C)OC(C)CC. The standard InChI is InChI=1S/C24H46O4/c1-12-19(6)27-20(7)23(10,13-2)17-22(8,9)26-16-15-24(11,14-3)28-21(25)18(4)5/h19-20H,4,12-17H2,1-3,5-11H3. The van der Waals surface area contributed by atoms with Crippen molar-refractivity contribution in [3.05, 3.63) is 12.2 Å². The van der Waals surface area contributed by atoms with E-state index in [4.69, 9.17) is 14.2 Å². The first-order valence-corrected chi connectivity index (χ1v) is 10.9. The Bertz CT molecular complexity index is 499. The van der Waals surface area contributed by atoms with E-state index in [0.29, 0.717) is 18.6 Å². The van der Waals surface area contributed by atoms with Crippen LogP contribution in [0.15, 0.2) is 12.2 Å². The van der Waals surface area contributed by atoms with E-state index in [0.717, 1.165) is 25.7 Å². The summed E-state index contributed by atoms with van der Waals surface area (Å²) in [7, 11) is 0. The molecule has 4 unspecified atom stereocenters. The summed E-state index contributed by atoms with van der Waals surface area (Å²) in [5.41, 5.74) is -0.360. The van der Waals surface area contributed by atoms with Crippen LogP contribution in [0.2, 0.25) is 0 Å². The Balaban J connectivity index is 4.88. The van der Waals surface area contributed by atoms with Gasteiger partial charge in [-0.05, 0) is 72.6 Å². The van der Waals surface area contributed by atoms with Gasteiger partial charge in [-0.1, -0.05) is 34.3 Å². The van der Waals surface area contributed by atoms with E-state index in [9.17, 15) is 4.79 Å². The summed E-state index contributed by atoms with van der Waals surface area (Å²) in [6.45, 7) is 25.1. The van der Waals surface area contributed by atoms with Gasteiger partial charge in [-0.15, -0.1) is 0 Å². The van der Waals surface area contributed by atoms with Crippen molar-refractivity contribution in [3.8, 4) is 0 Å². The maximum atomic E-state index is 11.9. The smallest absolute Gasteiger partial charge is 0.333 e. The highest BCUT2D eigenvalue weighted by Gasteiger charge is 2.38. The topological polar surface area (TPSA) is 44.8 Å². The van der Waals surface area contributed by atoms with E-state index < -0.39 is 5.60 Å². The Morgan fingerprint density at radius 1 is 1.04 bits per heavy atom. The van der Waals surface area contributed by atoms with Gasteiger partial charge in [0.15, 0.2) is 0 Å². The highest BCUT2D eigenvalue weighted by Crippen LogP contribution is 2.39. The van der Waals surface area contributed by atoms with Gasteiger partial charge in [0, 0.05) is 12.0 Å². The molecule has 0 radical (unpaired) electrons. The molecule has 0 bridgehead atoms. The average Bonchev–Trinajstić information content (AvgIpc) is 2.60. The highest BCUT2D eigenvalue weighted by molar-refractivity contribution is 5.87. The third kappa shape index (κ3) is 9.09. The van der Waals surface area contributed by atoms with Gasteiger partial charge in [0.1, 0.15) is 5.60 Å². The van der Waals surface area contributed by atoms with Gasteiger partial charge < -0.3 is 14.2 Å². The Morgan fingerprint density at radius 3 is 2.04 bits per heavy atom. The molecular weight excluding hydrogens is 352 g/mol. The monoisotopic (exact) mass is 398 g/mol. The fourth-order valence-electron chi connectivity index (χ4n) is 3.34. The summed E-state index contributed by atoms with van der Waals surface area (Å²) in [5, 5.41) is 0. The first kappa shape index (κ1) is 27.1. The van der Waals surface area contributed by atoms with Crippen molar-refractivity contribution in [2.75, 3.05) is 6.61 Å². The van der Waals surface area contributed by atoms with Crippen LogP contribution < -0.4 is 0 Å². The van der Waals surface area contributed by atoms with Crippen LogP contribution in [0.5, 0.6) is 0 Å². The molecule has 0 heterocycles. The van der Waals surface area contributed by atoms with E-state index in [1.165, 1.54) is 0 Å². The molecule has 0 saturated heterocycles. The quantitative estimate of drug-likeness (QED) is 0.248. The van der Waals surface area contributed by atoms with Gasteiger partial charge >= 0.3 is 5.97 Å². The molecule has 0 amide bonds. The van der Waals surface area contributed by atoms with Crippen molar-refractivity contribution in [3.63, 3.8) is 0 Å². The number of ether oxygens (including phenoxy) is 3. The van der Waals surface area contributed by atoms with Crippen LogP contribution in [0, 0.1) is 5.41 Å². The van der Waals surface area contributed by atoms with Crippen LogP contribution in [0.1, 0.15) is 101 Å². The molecule has 0 rings (SSSR count). The molecule has 0 aliphatic heterocycles. The van der Waals surface area contributed by atoms with Crippen molar-refractivity contribution in [1.82, 2.24) is 0 Å². The molecular formula is C24H46O4. The maximum Gasteiger partial charge on any atom is 0.333 e. The maximum absolute atomic E-state index is 11.9. The number of carbonyl (C=O) groups excluding carboxylic acids is 1. The predicted molar refractivity (Wildman–Crippen MR) is 118 cm³/mol. The number of hydrogen-bond acceptors (Lipinski definition) is 4.